The number of esters is 1. The van der Waals surface area contributed by atoms with Crippen molar-refractivity contribution in [3.05, 3.63) is 144 Å². The van der Waals surface area contributed by atoms with Gasteiger partial charge in [0, 0.05) is 0 Å². The van der Waals surface area contributed by atoms with Crippen molar-refractivity contribution in [2.24, 2.45) is 4.99 Å². The SMILES string of the molecule is COC(=O)[C@H]1[C@H]([C@@H]2CN=C(NC(=O)OCc3ccccc3)N2[C@H]2O[C@H](COCc3ccccc3)[C@@H](OCc3ccccc3)[C@H](OCc3ccccc3)[C@@H]2O)OC(C)(C)N1C(=O)OC(C)(C)C. The number of ether oxygens (including phenoxy) is 8. The molecule has 66 heavy (non-hydrogen) atoms. The smallest absolute Gasteiger partial charge is 0.414 e. The van der Waals surface area contributed by atoms with Gasteiger partial charge >= 0.3 is 18.2 Å². The zero-order chi connectivity index (χ0) is 46.8. The van der Waals surface area contributed by atoms with Gasteiger partial charge in [-0.3, -0.25) is 15.2 Å². The number of benzene rings is 4. The van der Waals surface area contributed by atoms with Crippen LogP contribution in [0.25, 0.3) is 0 Å². The molecule has 16 heteroatoms. The third-order valence-corrected chi connectivity index (χ3v) is 11.3. The Balaban J connectivity index is 1.27. The topological polar surface area (TPSA) is 176 Å². The lowest BCUT2D eigenvalue weighted by molar-refractivity contribution is -0.286. The maximum atomic E-state index is 14.0. The number of alkyl carbamates (subject to hydrolysis) is 1. The number of aliphatic imine (C=N–C) groups is 1. The lowest BCUT2D eigenvalue weighted by Gasteiger charge is -2.49. The minimum absolute atomic E-state index is 0.00946. The highest BCUT2D eigenvalue weighted by atomic mass is 16.6. The number of aliphatic hydroxyl groups excluding tert-OH is 1. The van der Waals surface area contributed by atoms with Crippen molar-refractivity contribution in [3.8, 4) is 0 Å². The number of rotatable bonds is 15. The van der Waals surface area contributed by atoms with E-state index in [4.69, 9.17) is 42.9 Å². The Kier molecular flexibility index (Phi) is 15.7. The second-order valence-electron chi connectivity index (χ2n) is 17.8. The van der Waals surface area contributed by atoms with Crippen LogP contribution >= 0.6 is 0 Å². The zero-order valence-corrected chi connectivity index (χ0v) is 38.2. The minimum atomic E-state index is -1.50. The predicted octanol–water partition coefficient (Wildman–Crippen LogP) is 6.34. The van der Waals surface area contributed by atoms with Gasteiger partial charge in [-0.1, -0.05) is 121 Å². The van der Waals surface area contributed by atoms with E-state index < -0.39 is 78.3 Å². The van der Waals surface area contributed by atoms with E-state index in [1.54, 1.807) is 39.5 Å². The van der Waals surface area contributed by atoms with Gasteiger partial charge in [0.15, 0.2) is 12.3 Å². The Morgan fingerprint density at radius 1 is 0.773 bits per heavy atom. The molecule has 3 aliphatic rings. The summed E-state index contributed by atoms with van der Waals surface area (Å²) >= 11 is 0. The van der Waals surface area contributed by atoms with Crippen molar-refractivity contribution in [1.29, 1.82) is 0 Å². The van der Waals surface area contributed by atoms with Crippen molar-refractivity contribution < 1.29 is 57.4 Å². The maximum absolute atomic E-state index is 14.0. The van der Waals surface area contributed by atoms with Gasteiger partial charge < -0.3 is 47.9 Å². The molecule has 4 aromatic carbocycles. The van der Waals surface area contributed by atoms with Crippen molar-refractivity contribution in [2.45, 2.75) is 121 Å². The monoisotopic (exact) mass is 908 g/mol. The van der Waals surface area contributed by atoms with Gasteiger partial charge in [0.25, 0.3) is 0 Å². The molecular weight excluding hydrogens is 849 g/mol. The molecule has 0 spiro atoms. The Labute approximate surface area is 385 Å². The Bertz CT molecular complexity index is 2230. The second kappa shape index (κ2) is 21.6. The van der Waals surface area contributed by atoms with Crippen molar-refractivity contribution in [3.63, 3.8) is 0 Å². The average Bonchev–Trinajstić information content (AvgIpc) is 3.84. The van der Waals surface area contributed by atoms with Crippen LogP contribution in [0.4, 0.5) is 9.59 Å². The van der Waals surface area contributed by atoms with E-state index in [0.29, 0.717) is 0 Å². The molecule has 2 amide bonds. The third kappa shape index (κ3) is 11.9. The Morgan fingerprint density at radius 3 is 1.82 bits per heavy atom. The van der Waals surface area contributed by atoms with Crippen LogP contribution in [0.15, 0.2) is 126 Å². The molecule has 2 N–H and O–H groups in total. The summed E-state index contributed by atoms with van der Waals surface area (Å²) in [6, 6.07) is 35.6. The molecule has 3 heterocycles. The van der Waals surface area contributed by atoms with Gasteiger partial charge in [0.05, 0.1) is 46.1 Å². The van der Waals surface area contributed by atoms with Gasteiger partial charge in [-0.2, -0.15) is 0 Å². The summed E-state index contributed by atoms with van der Waals surface area (Å²) in [4.78, 5) is 49.1. The number of hydrogen-bond acceptors (Lipinski definition) is 14. The number of methoxy groups -OCH3 is 1. The molecule has 4 aromatic rings. The van der Waals surface area contributed by atoms with Crippen LogP contribution in [0.2, 0.25) is 0 Å². The first-order chi connectivity index (χ1) is 31.7. The number of nitrogens with one attached hydrogen (secondary N) is 1. The number of carbonyl (C=O) groups excluding carboxylic acids is 3. The van der Waals surface area contributed by atoms with Crippen LogP contribution in [0.5, 0.6) is 0 Å². The summed E-state index contributed by atoms with van der Waals surface area (Å²) in [7, 11) is 1.22. The summed E-state index contributed by atoms with van der Waals surface area (Å²) in [5.74, 6) is -0.826. The van der Waals surface area contributed by atoms with Gasteiger partial charge in [0.2, 0.25) is 5.96 Å². The Morgan fingerprint density at radius 2 is 1.29 bits per heavy atom. The van der Waals surface area contributed by atoms with E-state index in [1.165, 1.54) is 12.0 Å². The second-order valence-corrected chi connectivity index (χ2v) is 17.8. The van der Waals surface area contributed by atoms with Gasteiger partial charge in [-0.15, -0.1) is 0 Å². The molecule has 3 aliphatic heterocycles. The summed E-state index contributed by atoms with van der Waals surface area (Å²) in [6.45, 7) is 8.80. The van der Waals surface area contributed by atoms with Gasteiger partial charge in [0.1, 0.15) is 48.5 Å². The molecule has 352 valence electrons. The molecule has 0 saturated carbocycles. The molecule has 0 aliphatic carbocycles. The first-order valence-corrected chi connectivity index (χ1v) is 22.1. The van der Waals surface area contributed by atoms with E-state index in [1.807, 2.05) is 121 Å². The molecule has 16 nitrogen and oxygen atoms in total. The first-order valence-electron chi connectivity index (χ1n) is 22.1. The molecule has 0 aromatic heterocycles. The van der Waals surface area contributed by atoms with Crippen LogP contribution < -0.4 is 5.32 Å². The minimum Gasteiger partial charge on any atom is -0.467 e. The zero-order valence-electron chi connectivity index (χ0n) is 38.2. The maximum Gasteiger partial charge on any atom is 0.414 e. The number of amides is 2. The fraction of sp³-hybridized carbons (Fsp3) is 0.440. The summed E-state index contributed by atoms with van der Waals surface area (Å²) in [6.07, 6.45) is -8.54. The highest BCUT2D eigenvalue weighted by Crippen LogP contribution is 2.40. The van der Waals surface area contributed by atoms with Gasteiger partial charge in [-0.05, 0) is 56.9 Å². The number of guanidine groups is 1. The summed E-state index contributed by atoms with van der Waals surface area (Å²) < 4.78 is 50.0. The van der Waals surface area contributed by atoms with E-state index in [2.05, 4.69) is 5.32 Å². The van der Waals surface area contributed by atoms with Crippen LogP contribution in [-0.4, -0.2) is 119 Å². The van der Waals surface area contributed by atoms with E-state index in [0.717, 1.165) is 22.3 Å². The molecule has 2 saturated heterocycles. The molecule has 0 radical (unpaired) electrons. The fourth-order valence-corrected chi connectivity index (χ4v) is 8.33. The summed E-state index contributed by atoms with van der Waals surface area (Å²) in [5.41, 5.74) is 1.08. The lowest BCUT2D eigenvalue weighted by atomic mass is 9.94. The molecule has 2 fully saturated rings. The van der Waals surface area contributed by atoms with Crippen molar-refractivity contribution in [2.75, 3.05) is 20.3 Å². The predicted molar refractivity (Wildman–Crippen MR) is 241 cm³/mol. The van der Waals surface area contributed by atoms with Crippen LogP contribution in [-0.2, 0) is 69.1 Å². The van der Waals surface area contributed by atoms with Crippen LogP contribution in [0, 0.1) is 0 Å². The molecular formula is C50H60N4O12. The lowest BCUT2D eigenvalue weighted by Crippen LogP contribution is -2.69. The number of aliphatic hydroxyl groups is 1. The van der Waals surface area contributed by atoms with E-state index >= 15 is 0 Å². The number of carbonyl (C=O) groups is 3. The normalized spacial score (nSPS) is 24.9. The molecule has 8 atom stereocenters. The highest BCUT2D eigenvalue weighted by Gasteiger charge is 2.61. The first kappa shape index (κ1) is 48.1. The quantitative estimate of drug-likeness (QED) is 0.1000. The molecule has 0 bridgehead atoms. The third-order valence-electron chi connectivity index (χ3n) is 11.3. The average molecular weight is 909 g/mol. The molecule has 7 rings (SSSR count). The largest absolute Gasteiger partial charge is 0.467 e. The molecule has 0 unspecified atom stereocenters. The van der Waals surface area contributed by atoms with E-state index in [9.17, 15) is 19.5 Å². The van der Waals surface area contributed by atoms with Crippen LogP contribution in [0.3, 0.4) is 0 Å². The number of nitrogens with zero attached hydrogens (tertiary/aromatic N) is 3. The van der Waals surface area contributed by atoms with E-state index in [-0.39, 0.29) is 45.5 Å². The van der Waals surface area contributed by atoms with Crippen molar-refractivity contribution in [1.82, 2.24) is 15.1 Å². The summed E-state index contributed by atoms with van der Waals surface area (Å²) in [5, 5.41) is 15.6. The fourth-order valence-electron chi connectivity index (χ4n) is 8.33. The Hall–Kier alpha value is -5.88. The highest BCUT2D eigenvalue weighted by molar-refractivity contribution is 5.95. The standard InChI is InChI=1S/C50H60N4O12/c1-49(2,3)66-48(58)54-39(45(56)59-6)41(65-50(54,4)5)37-27-51-46(52-47(57)63-31-36-25-17-10-18-26-36)53(37)44-40(55)43(62-30-35-23-15-9-16-24-35)42(61-29-34-21-13-8-14-22-34)38(64-44)32-60-28-33-19-11-7-12-20-33/h7-26,37-44,55H,27-32H2,1-6H3,(H,51,52,57)/t37-,38+,39+,40-,41-,42+,43+,44-/m0/s1. The van der Waals surface area contributed by atoms with Crippen molar-refractivity contribution >= 4 is 24.1 Å². The van der Waals surface area contributed by atoms with Gasteiger partial charge in [-0.25, -0.2) is 14.4 Å². The van der Waals surface area contributed by atoms with Crippen LogP contribution in [0.1, 0.15) is 56.9 Å². The number of hydrogen-bond donors (Lipinski definition) is 2.